The summed E-state index contributed by atoms with van der Waals surface area (Å²) < 4.78 is 0. The van der Waals surface area contributed by atoms with Crippen LogP contribution in [0.3, 0.4) is 0 Å². The molecule has 2 rings (SSSR count). The van der Waals surface area contributed by atoms with E-state index in [2.05, 4.69) is 24.1 Å². The molecule has 0 spiro atoms. The van der Waals surface area contributed by atoms with Crippen LogP contribution in [-0.4, -0.2) is 29.9 Å². The minimum atomic E-state index is 0.0596. The Morgan fingerprint density at radius 1 is 1.39 bits per heavy atom. The van der Waals surface area contributed by atoms with E-state index in [1.807, 2.05) is 18.2 Å². The van der Waals surface area contributed by atoms with Crippen molar-refractivity contribution < 1.29 is 4.79 Å². The molecule has 0 saturated carbocycles. The second kappa shape index (κ2) is 8.91. The average molecular weight is 357 g/mol. The van der Waals surface area contributed by atoms with Crippen molar-refractivity contribution in [2.45, 2.75) is 52.1 Å². The maximum atomic E-state index is 12.4. The first-order valence-corrected chi connectivity index (χ1v) is 9.22. The molecule has 0 unspecified atom stereocenters. The summed E-state index contributed by atoms with van der Waals surface area (Å²) in [5.41, 5.74) is 0.955. The first-order valence-electron chi connectivity index (χ1n) is 8.46. The second-order valence-electron chi connectivity index (χ2n) is 6.47. The van der Waals surface area contributed by atoms with E-state index in [1.54, 1.807) is 0 Å². The number of likely N-dealkylation sites (tertiary alicyclic amines) is 1. The molecular formula is C18H26Cl2N2O. The molecule has 128 valence electrons. The second-order valence-corrected chi connectivity index (χ2v) is 7.29. The lowest BCUT2D eigenvalue weighted by Crippen LogP contribution is -2.45. The normalized spacial score (nSPS) is 20.3. The summed E-state index contributed by atoms with van der Waals surface area (Å²) >= 11 is 12.5. The van der Waals surface area contributed by atoms with Gasteiger partial charge in [0, 0.05) is 34.7 Å². The number of halogens is 2. The third-order valence-corrected chi connectivity index (χ3v) is 5.14. The molecule has 1 fully saturated rings. The molecule has 2 atom stereocenters. The van der Waals surface area contributed by atoms with Crippen molar-refractivity contribution in [3.05, 3.63) is 33.8 Å². The van der Waals surface area contributed by atoms with Gasteiger partial charge in [0.05, 0.1) is 5.92 Å². The van der Waals surface area contributed by atoms with Crippen LogP contribution in [0.25, 0.3) is 0 Å². The monoisotopic (exact) mass is 356 g/mol. The lowest BCUT2D eigenvalue weighted by atomic mass is 9.96. The van der Waals surface area contributed by atoms with Gasteiger partial charge in [0.15, 0.2) is 0 Å². The molecule has 1 aliphatic heterocycles. The van der Waals surface area contributed by atoms with Crippen LogP contribution < -0.4 is 5.32 Å². The van der Waals surface area contributed by atoms with E-state index in [0.29, 0.717) is 16.6 Å². The fourth-order valence-corrected chi connectivity index (χ4v) is 3.70. The predicted molar refractivity (Wildman–Crippen MR) is 97.0 cm³/mol. The van der Waals surface area contributed by atoms with Crippen LogP contribution in [0.15, 0.2) is 18.2 Å². The van der Waals surface area contributed by atoms with Crippen molar-refractivity contribution in [2.75, 3.05) is 13.1 Å². The molecule has 3 nitrogen and oxygen atoms in total. The number of benzene rings is 1. The SMILES string of the molecule is CCC[C@H](C)NC(=O)[C@@H]1CCCN(Cc2c(Cl)cccc2Cl)C1. The zero-order valence-electron chi connectivity index (χ0n) is 13.9. The lowest BCUT2D eigenvalue weighted by molar-refractivity contribution is -0.127. The Morgan fingerprint density at radius 2 is 2.09 bits per heavy atom. The van der Waals surface area contributed by atoms with Gasteiger partial charge in [-0.3, -0.25) is 9.69 Å². The highest BCUT2D eigenvalue weighted by atomic mass is 35.5. The van der Waals surface area contributed by atoms with E-state index in [-0.39, 0.29) is 17.9 Å². The predicted octanol–water partition coefficient (Wildman–Crippen LogP) is 4.51. The van der Waals surface area contributed by atoms with Gasteiger partial charge in [0.2, 0.25) is 5.91 Å². The largest absolute Gasteiger partial charge is 0.353 e. The van der Waals surface area contributed by atoms with Gasteiger partial charge in [-0.1, -0.05) is 42.6 Å². The Morgan fingerprint density at radius 3 is 2.74 bits per heavy atom. The topological polar surface area (TPSA) is 32.3 Å². The zero-order chi connectivity index (χ0) is 16.8. The number of nitrogens with zero attached hydrogens (tertiary/aromatic N) is 1. The van der Waals surface area contributed by atoms with E-state index in [0.717, 1.165) is 44.3 Å². The first kappa shape index (κ1) is 18.6. The summed E-state index contributed by atoms with van der Waals surface area (Å²) in [5.74, 6) is 0.241. The quantitative estimate of drug-likeness (QED) is 0.812. The zero-order valence-corrected chi connectivity index (χ0v) is 15.5. The van der Waals surface area contributed by atoms with Crippen molar-refractivity contribution in [2.24, 2.45) is 5.92 Å². The van der Waals surface area contributed by atoms with Crippen molar-refractivity contribution in [1.29, 1.82) is 0 Å². The minimum absolute atomic E-state index is 0.0596. The molecule has 1 N–H and O–H groups in total. The van der Waals surface area contributed by atoms with E-state index in [1.165, 1.54) is 0 Å². The molecule has 1 aromatic carbocycles. The average Bonchev–Trinajstić information content (AvgIpc) is 2.51. The number of carbonyl (C=O) groups excluding carboxylic acids is 1. The Balaban J connectivity index is 1.94. The molecule has 0 bridgehead atoms. The van der Waals surface area contributed by atoms with E-state index < -0.39 is 0 Å². The minimum Gasteiger partial charge on any atom is -0.353 e. The molecule has 1 aliphatic rings. The Bertz CT molecular complexity index is 516. The van der Waals surface area contributed by atoms with Crippen molar-refractivity contribution in [3.63, 3.8) is 0 Å². The van der Waals surface area contributed by atoms with E-state index in [9.17, 15) is 4.79 Å². The van der Waals surface area contributed by atoms with Crippen LogP contribution in [-0.2, 0) is 11.3 Å². The van der Waals surface area contributed by atoms with Gasteiger partial charge in [-0.2, -0.15) is 0 Å². The van der Waals surface area contributed by atoms with Gasteiger partial charge in [0.25, 0.3) is 0 Å². The van der Waals surface area contributed by atoms with Gasteiger partial charge in [-0.25, -0.2) is 0 Å². The number of rotatable bonds is 6. The Hall–Kier alpha value is -0.770. The molecule has 23 heavy (non-hydrogen) atoms. The number of nitrogens with one attached hydrogen (secondary N) is 1. The maximum absolute atomic E-state index is 12.4. The van der Waals surface area contributed by atoms with Crippen molar-refractivity contribution in [1.82, 2.24) is 10.2 Å². The number of hydrogen-bond acceptors (Lipinski definition) is 2. The summed E-state index contributed by atoms with van der Waals surface area (Å²) in [4.78, 5) is 14.7. The van der Waals surface area contributed by atoms with E-state index in [4.69, 9.17) is 23.2 Å². The maximum Gasteiger partial charge on any atom is 0.224 e. The summed E-state index contributed by atoms with van der Waals surface area (Å²) in [6.45, 7) is 6.67. The van der Waals surface area contributed by atoms with Crippen molar-refractivity contribution in [3.8, 4) is 0 Å². The summed E-state index contributed by atoms with van der Waals surface area (Å²) in [6, 6.07) is 5.84. The van der Waals surface area contributed by atoms with Gasteiger partial charge >= 0.3 is 0 Å². The number of hydrogen-bond donors (Lipinski definition) is 1. The summed E-state index contributed by atoms with van der Waals surface area (Å²) in [5, 5.41) is 4.53. The highest BCUT2D eigenvalue weighted by molar-refractivity contribution is 6.35. The molecule has 1 amide bonds. The standard InChI is InChI=1S/C18H26Cl2N2O/c1-3-6-13(2)21-18(23)14-7-5-10-22(11-14)12-15-16(19)8-4-9-17(15)20/h4,8-9,13-14H,3,5-7,10-12H2,1-2H3,(H,21,23)/t13-,14+/m0/s1. The molecule has 0 aromatic heterocycles. The molecule has 5 heteroatoms. The van der Waals surface area contributed by atoms with Crippen LogP contribution in [0, 0.1) is 5.92 Å². The number of carbonyl (C=O) groups is 1. The molecule has 1 heterocycles. The molecule has 0 aliphatic carbocycles. The molecule has 1 aromatic rings. The van der Waals surface area contributed by atoms with Gasteiger partial charge in [-0.05, 0) is 44.9 Å². The number of piperidine rings is 1. The third kappa shape index (κ3) is 5.37. The van der Waals surface area contributed by atoms with Gasteiger partial charge in [-0.15, -0.1) is 0 Å². The fourth-order valence-electron chi connectivity index (χ4n) is 3.19. The first-order chi connectivity index (χ1) is 11.0. The summed E-state index contributed by atoms with van der Waals surface area (Å²) in [6.07, 6.45) is 4.10. The van der Waals surface area contributed by atoms with Gasteiger partial charge in [0.1, 0.15) is 0 Å². The Kier molecular flexibility index (Phi) is 7.19. The van der Waals surface area contributed by atoms with Gasteiger partial charge < -0.3 is 5.32 Å². The van der Waals surface area contributed by atoms with Crippen molar-refractivity contribution >= 4 is 29.1 Å². The molecular weight excluding hydrogens is 331 g/mol. The highest BCUT2D eigenvalue weighted by Crippen LogP contribution is 2.27. The van der Waals surface area contributed by atoms with Crippen LogP contribution >= 0.6 is 23.2 Å². The third-order valence-electron chi connectivity index (χ3n) is 4.43. The van der Waals surface area contributed by atoms with E-state index >= 15 is 0 Å². The Labute approximate surface area is 149 Å². The van der Waals surface area contributed by atoms with Crippen LogP contribution in [0.4, 0.5) is 0 Å². The number of amides is 1. The smallest absolute Gasteiger partial charge is 0.224 e. The van der Waals surface area contributed by atoms with Crippen LogP contribution in [0.2, 0.25) is 10.0 Å². The molecule has 1 saturated heterocycles. The van der Waals surface area contributed by atoms with Crippen LogP contribution in [0.5, 0.6) is 0 Å². The highest BCUT2D eigenvalue weighted by Gasteiger charge is 2.27. The van der Waals surface area contributed by atoms with Crippen LogP contribution in [0.1, 0.15) is 45.1 Å². The fraction of sp³-hybridized carbons (Fsp3) is 0.611. The molecule has 0 radical (unpaired) electrons. The summed E-state index contributed by atoms with van der Waals surface area (Å²) in [7, 11) is 0. The lowest BCUT2D eigenvalue weighted by Gasteiger charge is -2.33.